The largest absolute Gasteiger partial charge is 0.378 e. The zero-order chi connectivity index (χ0) is 23.4. The zero-order valence-corrected chi connectivity index (χ0v) is 20.5. The van der Waals surface area contributed by atoms with Gasteiger partial charge in [0.2, 0.25) is 11.9 Å². The van der Waals surface area contributed by atoms with E-state index in [1.54, 1.807) is 0 Å². The van der Waals surface area contributed by atoms with Gasteiger partial charge in [0.05, 0.1) is 18.9 Å². The molecule has 10 heteroatoms. The monoisotopic (exact) mass is 474 g/mol. The number of hydrogen-bond donors (Lipinski definition) is 2. The Morgan fingerprint density at radius 3 is 2.67 bits per heavy atom. The minimum atomic E-state index is -0.182. The van der Waals surface area contributed by atoms with Crippen molar-refractivity contribution in [3.8, 4) is 0 Å². The Morgan fingerprint density at radius 2 is 1.97 bits per heavy atom. The number of carbonyl (C=O) groups excluding carboxylic acids is 1. The Kier molecular flexibility index (Phi) is 7.77. The normalized spacial score (nSPS) is 21.8. The first kappa shape index (κ1) is 23.8. The lowest BCUT2D eigenvalue weighted by molar-refractivity contribution is -0.116. The topological polar surface area (TPSA) is 103 Å². The van der Waals surface area contributed by atoms with Gasteiger partial charge in [0.25, 0.3) is 5.56 Å². The van der Waals surface area contributed by atoms with Crippen LogP contribution >= 0.6 is 11.3 Å². The van der Waals surface area contributed by atoms with Crippen LogP contribution in [0, 0.1) is 18.8 Å². The number of thiazole rings is 1. The maximum absolute atomic E-state index is 12.6. The molecule has 4 rings (SSSR count). The lowest BCUT2D eigenvalue weighted by Crippen LogP contribution is -2.38. The van der Waals surface area contributed by atoms with Gasteiger partial charge in [-0.25, -0.2) is 9.97 Å². The molecular weight excluding hydrogens is 440 g/mol. The van der Waals surface area contributed by atoms with Crippen molar-refractivity contribution in [2.45, 2.75) is 46.6 Å². The van der Waals surface area contributed by atoms with E-state index in [4.69, 9.17) is 4.74 Å². The number of ether oxygens (including phenoxy) is 1. The summed E-state index contributed by atoms with van der Waals surface area (Å²) in [6.07, 6.45) is 1.83. The summed E-state index contributed by atoms with van der Waals surface area (Å²) in [5, 5.41) is 5.51. The number of H-pyrrole nitrogens is 1. The number of nitrogens with zero attached hydrogens (tertiary/aromatic N) is 4. The molecule has 0 spiro atoms. The number of aromatic amines is 1. The fraction of sp³-hybridized carbons (Fsp3) is 0.652. The highest BCUT2D eigenvalue weighted by atomic mass is 32.1. The van der Waals surface area contributed by atoms with Crippen LogP contribution in [0.3, 0.4) is 0 Å². The van der Waals surface area contributed by atoms with E-state index in [0.29, 0.717) is 66.9 Å². The van der Waals surface area contributed by atoms with Crippen molar-refractivity contribution in [1.82, 2.24) is 19.9 Å². The number of hydrogen-bond acceptors (Lipinski definition) is 8. The number of aromatic nitrogens is 3. The summed E-state index contributed by atoms with van der Waals surface area (Å²) in [6, 6.07) is 0. The molecule has 2 aliphatic heterocycles. The molecule has 1 amide bonds. The standard InChI is InChI=1S/C23H34N6O3S/c1-15-10-16(2)12-28(11-15)13-18-14-33-23(25-18)26-20(30)5-4-19-17(3)24-22(27-21(19)31)29-6-8-32-9-7-29/h14-16H,4-13H2,1-3H3,(H,24,27,31)(H,25,26,30)/t15-,16+. The van der Waals surface area contributed by atoms with Gasteiger partial charge in [-0.1, -0.05) is 13.8 Å². The average Bonchev–Trinajstić information content (AvgIpc) is 3.19. The molecule has 9 nitrogen and oxygen atoms in total. The van der Waals surface area contributed by atoms with Crippen LogP contribution in [-0.4, -0.2) is 65.2 Å². The summed E-state index contributed by atoms with van der Waals surface area (Å²) in [4.78, 5) is 41.6. The van der Waals surface area contributed by atoms with Gasteiger partial charge in [-0.15, -0.1) is 11.3 Å². The first-order valence-electron chi connectivity index (χ1n) is 11.8. The molecule has 2 saturated heterocycles. The molecule has 33 heavy (non-hydrogen) atoms. The van der Waals surface area contributed by atoms with E-state index >= 15 is 0 Å². The molecule has 2 aromatic heterocycles. The van der Waals surface area contributed by atoms with Crippen molar-refractivity contribution >= 4 is 28.3 Å². The van der Waals surface area contributed by atoms with Crippen LogP contribution < -0.4 is 15.8 Å². The summed E-state index contributed by atoms with van der Waals surface area (Å²) in [7, 11) is 0. The van der Waals surface area contributed by atoms with Crippen molar-refractivity contribution in [3.63, 3.8) is 0 Å². The molecule has 0 aliphatic carbocycles. The predicted molar refractivity (Wildman–Crippen MR) is 130 cm³/mol. The van der Waals surface area contributed by atoms with E-state index in [0.717, 1.165) is 25.3 Å². The lowest BCUT2D eigenvalue weighted by atomic mass is 9.92. The van der Waals surface area contributed by atoms with Crippen molar-refractivity contribution in [2.24, 2.45) is 11.8 Å². The maximum atomic E-state index is 12.6. The highest BCUT2D eigenvalue weighted by molar-refractivity contribution is 7.13. The number of rotatable bonds is 7. The third kappa shape index (κ3) is 6.39. The highest BCUT2D eigenvalue weighted by Crippen LogP contribution is 2.24. The van der Waals surface area contributed by atoms with Gasteiger partial charge in [-0.2, -0.15) is 0 Å². The number of amides is 1. The Bertz CT molecular complexity index is 1010. The maximum Gasteiger partial charge on any atom is 0.255 e. The van der Waals surface area contributed by atoms with Gasteiger partial charge in [-0.3, -0.25) is 19.5 Å². The molecule has 2 fully saturated rings. The summed E-state index contributed by atoms with van der Waals surface area (Å²) >= 11 is 1.45. The third-order valence-corrected chi connectivity index (χ3v) is 7.06. The van der Waals surface area contributed by atoms with E-state index in [-0.39, 0.29) is 17.9 Å². The Labute approximate surface area is 198 Å². The summed E-state index contributed by atoms with van der Waals surface area (Å²) < 4.78 is 5.35. The van der Waals surface area contributed by atoms with Crippen LogP contribution in [0.4, 0.5) is 11.1 Å². The van der Waals surface area contributed by atoms with E-state index < -0.39 is 0 Å². The van der Waals surface area contributed by atoms with Crippen molar-refractivity contribution in [1.29, 1.82) is 0 Å². The SMILES string of the molecule is Cc1nc(N2CCOCC2)[nH]c(=O)c1CCC(=O)Nc1nc(CN2C[C@H](C)C[C@H](C)C2)cs1. The molecule has 0 bridgehead atoms. The highest BCUT2D eigenvalue weighted by Gasteiger charge is 2.22. The number of anilines is 2. The van der Waals surface area contributed by atoms with Crippen LogP contribution in [-0.2, 0) is 22.5 Å². The zero-order valence-electron chi connectivity index (χ0n) is 19.7. The van der Waals surface area contributed by atoms with Crippen molar-refractivity contribution in [2.75, 3.05) is 49.6 Å². The van der Waals surface area contributed by atoms with Crippen LogP contribution in [0.5, 0.6) is 0 Å². The number of morpholine rings is 1. The number of nitrogens with one attached hydrogen (secondary N) is 2. The summed E-state index contributed by atoms with van der Waals surface area (Å²) in [5.74, 6) is 1.83. The van der Waals surface area contributed by atoms with Gasteiger partial charge in [0.15, 0.2) is 5.13 Å². The molecule has 0 radical (unpaired) electrons. The number of piperidine rings is 1. The molecule has 2 atom stereocenters. The van der Waals surface area contributed by atoms with Gasteiger partial charge >= 0.3 is 0 Å². The molecule has 2 aliphatic rings. The second-order valence-electron chi connectivity index (χ2n) is 9.39. The van der Waals surface area contributed by atoms with Crippen LogP contribution in [0.1, 0.15) is 43.6 Å². The van der Waals surface area contributed by atoms with E-state index in [9.17, 15) is 9.59 Å². The first-order valence-corrected chi connectivity index (χ1v) is 12.6. The minimum Gasteiger partial charge on any atom is -0.378 e. The minimum absolute atomic E-state index is 0.146. The molecular formula is C23H34N6O3S. The number of likely N-dealkylation sites (tertiary alicyclic amines) is 1. The summed E-state index contributed by atoms with van der Waals surface area (Å²) in [6.45, 7) is 12.1. The fourth-order valence-electron chi connectivity index (χ4n) is 4.82. The van der Waals surface area contributed by atoms with Gasteiger partial charge < -0.3 is 15.0 Å². The molecule has 0 saturated carbocycles. The van der Waals surface area contributed by atoms with E-state index in [2.05, 4.69) is 39.0 Å². The van der Waals surface area contributed by atoms with Gasteiger partial charge in [-0.05, 0) is 31.6 Å². The average molecular weight is 475 g/mol. The molecule has 4 heterocycles. The van der Waals surface area contributed by atoms with Crippen molar-refractivity contribution in [3.05, 3.63) is 32.7 Å². The third-order valence-electron chi connectivity index (χ3n) is 6.25. The Hall–Kier alpha value is -2.30. The molecule has 0 unspecified atom stereocenters. The van der Waals surface area contributed by atoms with Gasteiger partial charge in [0, 0.05) is 55.8 Å². The van der Waals surface area contributed by atoms with Crippen LogP contribution in [0.25, 0.3) is 0 Å². The molecule has 0 aromatic carbocycles. The smallest absolute Gasteiger partial charge is 0.255 e. The number of carbonyl (C=O) groups is 1. The Balaban J connectivity index is 1.29. The molecule has 2 N–H and O–H groups in total. The predicted octanol–water partition coefficient (Wildman–Crippen LogP) is 2.42. The lowest BCUT2D eigenvalue weighted by Gasteiger charge is -2.34. The second-order valence-corrected chi connectivity index (χ2v) is 10.2. The molecule has 180 valence electrons. The van der Waals surface area contributed by atoms with Gasteiger partial charge in [0.1, 0.15) is 0 Å². The van der Waals surface area contributed by atoms with Crippen molar-refractivity contribution < 1.29 is 9.53 Å². The first-order chi connectivity index (χ1) is 15.9. The summed E-state index contributed by atoms with van der Waals surface area (Å²) in [5.41, 5.74) is 2.02. The van der Waals surface area contributed by atoms with Crippen LogP contribution in [0.15, 0.2) is 10.2 Å². The Morgan fingerprint density at radius 1 is 1.24 bits per heavy atom. The van der Waals surface area contributed by atoms with Crippen LogP contribution in [0.2, 0.25) is 0 Å². The molecule has 2 aromatic rings. The second kappa shape index (κ2) is 10.8. The fourth-order valence-corrected chi connectivity index (χ4v) is 5.54. The van der Waals surface area contributed by atoms with E-state index in [1.807, 2.05) is 17.2 Å². The van der Waals surface area contributed by atoms with E-state index in [1.165, 1.54) is 17.8 Å². The number of aryl methyl sites for hydroxylation is 1. The quantitative estimate of drug-likeness (QED) is 0.635.